The maximum atomic E-state index is 2.40. The normalized spacial score (nSPS) is 11.9. The Bertz CT molecular complexity index is 1880. The van der Waals surface area contributed by atoms with Crippen molar-refractivity contribution >= 4 is 71.6 Å². The van der Waals surface area contributed by atoms with Crippen LogP contribution in [-0.2, 0) is 0 Å². The van der Waals surface area contributed by atoms with E-state index in [-0.39, 0.29) is 0 Å². The summed E-state index contributed by atoms with van der Waals surface area (Å²) in [5, 5.41) is 16.0. The van der Waals surface area contributed by atoms with E-state index < -0.39 is 7.26 Å². The quantitative estimate of drug-likeness (QED) is 0.196. The Balaban J connectivity index is 1.70. The van der Waals surface area contributed by atoms with E-state index in [4.69, 9.17) is 0 Å². The fraction of sp³-hybridized carbons (Fsp3) is 0. The zero-order chi connectivity index (χ0) is 27.2. The summed E-state index contributed by atoms with van der Waals surface area (Å²) in [6, 6.07) is 63.3. The Morgan fingerprint density at radius 1 is 0.220 bits per heavy atom. The highest BCUT2D eigenvalue weighted by molar-refractivity contribution is 8.02. The smallest absolute Gasteiger partial charge is 0.0616 e. The predicted octanol–water partition coefficient (Wildman–Crippen LogP) is 8.92. The zero-order valence-corrected chi connectivity index (χ0v) is 23.5. The molecule has 8 aromatic rings. The van der Waals surface area contributed by atoms with Gasteiger partial charge in [-0.2, -0.15) is 0 Å². The Morgan fingerprint density at radius 2 is 0.439 bits per heavy atom. The fourth-order valence-corrected chi connectivity index (χ4v) is 11.8. The largest absolute Gasteiger partial charge is 0.146 e. The number of hydrogen-bond donors (Lipinski definition) is 0. The molecule has 0 nitrogen and oxygen atoms in total. The summed E-state index contributed by atoms with van der Waals surface area (Å²) in [5.41, 5.74) is 0. The molecule has 0 bridgehead atoms. The van der Waals surface area contributed by atoms with Crippen molar-refractivity contribution in [2.24, 2.45) is 0 Å². The summed E-state index contributed by atoms with van der Waals surface area (Å²) in [5.74, 6) is 0. The third-order valence-corrected chi connectivity index (χ3v) is 13.0. The molecule has 0 amide bonds. The Kier molecular flexibility index (Phi) is 5.69. The molecule has 0 aliphatic carbocycles. The molecule has 0 saturated carbocycles. The summed E-state index contributed by atoms with van der Waals surface area (Å²) in [4.78, 5) is 0. The van der Waals surface area contributed by atoms with Crippen LogP contribution >= 0.6 is 7.26 Å². The van der Waals surface area contributed by atoms with Crippen LogP contribution in [0, 0.1) is 0 Å². The van der Waals surface area contributed by atoms with Crippen LogP contribution in [0.15, 0.2) is 170 Å². The second-order valence-corrected chi connectivity index (χ2v) is 13.9. The van der Waals surface area contributed by atoms with Gasteiger partial charge in [0.15, 0.2) is 0 Å². The van der Waals surface area contributed by atoms with Crippen molar-refractivity contribution in [2.45, 2.75) is 0 Å². The predicted molar refractivity (Wildman–Crippen MR) is 181 cm³/mol. The lowest BCUT2D eigenvalue weighted by Crippen LogP contribution is -2.40. The highest BCUT2D eigenvalue weighted by atomic mass is 31.2. The molecule has 0 fully saturated rings. The van der Waals surface area contributed by atoms with Gasteiger partial charge in [0, 0.05) is 21.5 Å². The Morgan fingerprint density at radius 3 is 0.707 bits per heavy atom. The van der Waals surface area contributed by atoms with Crippen LogP contribution in [0.1, 0.15) is 0 Å². The van der Waals surface area contributed by atoms with E-state index in [1.54, 1.807) is 0 Å². The van der Waals surface area contributed by atoms with Crippen molar-refractivity contribution in [1.82, 2.24) is 0 Å². The first kappa shape index (κ1) is 24.1. The highest BCUT2D eigenvalue weighted by Gasteiger charge is 2.51. The van der Waals surface area contributed by atoms with Crippen LogP contribution in [-0.4, -0.2) is 0 Å². The van der Waals surface area contributed by atoms with Crippen molar-refractivity contribution in [1.29, 1.82) is 0 Å². The van der Waals surface area contributed by atoms with E-state index in [2.05, 4.69) is 170 Å². The number of fused-ring (bicyclic) bond motifs is 4. The third-order valence-electron chi connectivity index (χ3n) is 8.51. The molecule has 192 valence electrons. The van der Waals surface area contributed by atoms with E-state index in [9.17, 15) is 0 Å². The molecular weight excluding hydrogens is 511 g/mol. The van der Waals surface area contributed by atoms with Crippen molar-refractivity contribution in [3.8, 4) is 0 Å². The molecule has 0 heterocycles. The second kappa shape index (κ2) is 9.70. The summed E-state index contributed by atoms with van der Waals surface area (Å²) in [6.45, 7) is 0. The van der Waals surface area contributed by atoms with Crippen molar-refractivity contribution < 1.29 is 0 Å². The molecule has 0 aliphatic heterocycles. The van der Waals surface area contributed by atoms with Crippen LogP contribution < -0.4 is 21.2 Å². The van der Waals surface area contributed by atoms with Gasteiger partial charge in [-0.05, 0) is 45.8 Å². The van der Waals surface area contributed by atoms with Crippen molar-refractivity contribution in [3.05, 3.63) is 170 Å². The maximum absolute atomic E-state index is 2.49. The minimum absolute atomic E-state index is 1.27. The first-order valence-electron chi connectivity index (χ1n) is 14.2. The van der Waals surface area contributed by atoms with Gasteiger partial charge in [-0.3, -0.25) is 0 Å². The lowest BCUT2D eigenvalue weighted by molar-refractivity contribution is 1.74. The summed E-state index contributed by atoms with van der Waals surface area (Å²) in [7, 11) is -2.49. The summed E-state index contributed by atoms with van der Waals surface area (Å²) >= 11 is 0. The zero-order valence-electron chi connectivity index (χ0n) is 22.6. The molecule has 0 N–H and O–H groups in total. The molecule has 0 unspecified atom stereocenters. The molecule has 41 heavy (non-hydrogen) atoms. The molecular formula is C40H28P+. The lowest BCUT2D eigenvalue weighted by Gasteiger charge is -2.31. The van der Waals surface area contributed by atoms with Gasteiger partial charge in [-0.1, -0.05) is 146 Å². The Labute approximate surface area is 240 Å². The van der Waals surface area contributed by atoms with Gasteiger partial charge in [-0.25, -0.2) is 0 Å². The van der Waals surface area contributed by atoms with Gasteiger partial charge >= 0.3 is 0 Å². The molecule has 0 aliphatic rings. The van der Waals surface area contributed by atoms with Crippen LogP contribution in [0.3, 0.4) is 0 Å². The van der Waals surface area contributed by atoms with Gasteiger partial charge in [-0.15, -0.1) is 0 Å². The summed E-state index contributed by atoms with van der Waals surface area (Å²) < 4.78 is 0. The van der Waals surface area contributed by atoms with Gasteiger partial charge in [0.1, 0.15) is 28.5 Å². The average molecular weight is 540 g/mol. The number of benzene rings is 8. The molecule has 0 spiro atoms. The van der Waals surface area contributed by atoms with E-state index in [0.29, 0.717) is 0 Å². The minimum atomic E-state index is -2.49. The standard InChI is InChI=1S/C40H28P/c1-5-21-33-29(13-1)17-9-25-37(33)41(38-26-10-18-30-14-2-6-22-34(30)38,39-27-11-19-31-15-3-7-23-35(31)39)40-28-12-20-32-16-4-8-24-36(32)40/h1-28H/q+1. The topological polar surface area (TPSA) is 0 Å². The molecule has 0 saturated heterocycles. The van der Waals surface area contributed by atoms with E-state index in [1.165, 1.54) is 64.3 Å². The second-order valence-electron chi connectivity index (χ2n) is 10.7. The van der Waals surface area contributed by atoms with Crippen molar-refractivity contribution in [3.63, 3.8) is 0 Å². The van der Waals surface area contributed by atoms with Crippen LogP contribution in [0.5, 0.6) is 0 Å². The van der Waals surface area contributed by atoms with Gasteiger partial charge < -0.3 is 0 Å². The van der Waals surface area contributed by atoms with E-state index in [0.717, 1.165) is 0 Å². The highest BCUT2D eigenvalue weighted by Crippen LogP contribution is 2.59. The molecule has 0 aromatic heterocycles. The molecule has 0 atom stereocenters. The summed E-state index contributed by atoms with van der Waals surface area (Å²) in [6.07, 6.45) is 0. The van der Waals surface area contributed by atoms with Gasteiger partial charge in [0.2, 0.25) is 0 Å². The van der Waals surface area contributed by atoms with Crippen LogP contribution in [0.2, 0.25) is 0 Å². The van der Waals surface area contributed by atoms with Crippen molar-refractivity contribution in [2.75, 3.05) is 0 Å². The molecule has 8 rings (SSSR count). The molecule has 8 aromatic carbocycles. The minimum Gasteiger partial charge on any atom is -0.0616 e. The lowest BCUT2D eigenvalue weighted by atomic mass is 10.1. The first-order chi connectivity index (χ1) is 20.4. The monoisotopic (exact) mass is 539 g/mol. The van der Waals surface area contributed by atoms with Crippen LogP contribution in [0.25, 0.3) is 43.1 Å². The number of hydrogen-bond acceptors (Lipinski definition) is 0. The SMILES string of the molecule is c1ccc2c([P+](c3cccc4ccccc34)(c3cccc4ccccc34)c3cccc4ccccc34)cccc2c1. The molecule has 0 radical (unpaired) electrons. The van der Waals surface area contributed by atoms with E-state index in [1.807, 2.05) is 0 Å². The average Bonchev–Trinajstić information content (AvgIpc) is 3.05. The molecule has 1 heteroatoms. The fourth-order valence-electron chi connectivity index (χ4n) is 6.78. The van der Waals surface area contributed by atoms with E-state index >= 15 is 0 Å². The Hall–Kier alpha value is -4.77. The van der Waals surface area contributed by atoms with Gasteiger partial charge in [0.25, 0.3) is 0 Å². The third kappa shape index (κ3) is 3.65. The van der Waals surface area contributed by atoms with Crippen LogP contribution in [0.4, 0.5) is 0 Å². The first-order valence-corrected chi connectivity index (χ1v) is 16.0. The van der Waals surface area contributed by atoms with Gasteiger partial charge in [0.05, 0.1) is 0 Å². The maximum Gasteiger partial charge on any atom is 0.146 e. The number of rotatable bonds is 4.